The number of rotatable bonds is 13. The zero-order valence-corrected chi connectivity index (χ0v) is 24.0. The van der Waals surface area contributed by atoms with E-state index in [1.165, 1.54) is 12.5 Å². The Kier molecular flexibility index (Phi) is 13.3. The van der Waals surface area contributed by atoms with Crippen LogP contribution in [0.25, 0.3) is 5.03 Å². The van der Waals surface area contributed by atoms with Gasteiger partial charge < -0.3 is 10.6 Å². The molecule has 0 aliphatic heterocycles. The molecule has 0 atom stereocenters. The van der Waals surface area contributed by atoms with Crippen molar-refractivity contribution in [3.8, 4) is 0 Å². The Morgan fingerprint density at radius 3 is 2.50 bits per heavy atom. The molecule has 6 heteroatoms. The summed E-state index contributed by atoms with van der Waals surface area (Å²) in [6, 6.07) is 8.08. The Hall–Kier alpha value is -3.44. The first-order valence-corrected chi connectivity index (χ1v) is 13.6. The Morgan fingerprint density at radius 1 is 1.03 bits per heavy atom. The third kappa shape index (κ3) is 10.5. The van der Waals surface area contributed by atoms with E-state index >= 15 is 0 Å². The number of nitrogens with zero attached hydrogens (tertiary/aromatic N) is 1. The molecule has 38 heavy (non-hydrogen) atoms. The van der Waals surface area contributed by atoms with Gasteiger partial charge in [0.15, 0.2) is 0 Å². The van der Waals surface area contributed by atoms with Gasteiger partial charge in [-0.05, 0) is 73.1 Å². The Morgan fingerprint density at radius 2 is 1.82 bits per heavy atom. The Balaban J connectivity index is 2.14. The molecule has 5 nitrogen and oxygen atoms in total. The van der Waals surface area contributed by atoms with Crippen molar-refractivity contribution in [2.24, 2.45) is 0 Å². The topological polar surface area (TPSA) is 71.1 Å². The van der Waals surface area contributed by atoms with Gasteiger partial charge in [0.2, 0.25) is 5.91 Å². The molecule has 0 unspecified atom stereocenters. The van der Waals surface area contributed by atoms with Crippen LogP contribution < -0.4 is 10.6 Å². The molecule has 0 saturated heterocycles. The molecule has 0 aliphatic rings. The summed E-state index contributed by atoms with van der Waals surface area (Å²) in [6.45, 7) is 10.6. The lowest BCUT2D eigenvalue weighted by molar-refractivity contribution is -0.118. The first-order chi connectivity index (χ1) is 18.3. The predicted molar refractivity (Wildman–Crippen MR) is 159 cm³/mol. The van der Waals surface area contributed by atoms with Gasteiger partial charge >= 0.3 is 0 Å². The van der Waals surface area contributed by atoms with Crippen molar-refractivity contribution in [2.75, 3.05) is 6.54 Å². The minimum atomic E-state index is -0.170. The number of nitrogens with one attached hydrogen (secondary N) is 2. The zero-order chi connectivity index (χ0) is 27.9. The van der Waals surface area contributed by atoms with Gasteiger partial charge in [0.1, 0.15) is 0 Å². The smallest absolute Gasteiger partial charge is 0.253 e. The van der Waals surface area contributed by atoms with Crippen molar-refractivity contribution in [2.45, 2.75) is 66.8 Å². The average molecular weight is 534 g/mol. The fourth-order valence-electron chi connectivity index (χ4n) is 3.84. The molecule has 0 aliphatic carbocycles. The van der Waals surface area contributed by atoms with E-state index in [0.29, 0.717) is 25.1 Å². The Labute approximate surface area is 232 Å². The summed E-state index contributed by atoms with van der Waals surface area (Å²) >= 11 is 6.46. The highest BCUT2D eigenvalue weighted by Crippen LogP contribution is 2.25. The van der Waals surface area contributed by atoms with Gasteiger partial charge in [-0.3, -0.25) is 14.6 Å². The summed E-state index contributed by atoms with van der Waals surface area (Å²) in [7, 11) is 0. The molecule has 0 spiro atoms. The summed E-state index contributed by atoms with van der Waals surface area (Å²) < 4.78 is 0. The summed E-state index contributed by atoms with van der Waals surface area (Å²) in [4.78, 5) is 28.4. The number of benzene rings is 1. The summed E-state index contributed by atoms with van der Waals surface area (Å²) in [6.07, 6.45) is 17.1. The van der Waals surface area contributed by atoms with Crippen molar-refractivity contribution in [3.05, 3.63) is 106 Å². The van der Waals surface area contributed by atoms with Crippen molar-refractivity contribution >= 4 is 28.4 Å². The monoisotopic (exact) mass is 533 g/mol. The van der Waals surface area contributed by atoms with E-state index < -0.39 is 0 Å². The van der Waals surface area contributed by atoms with Crippen molar-refractivity contribution < 1.29 is 9.59 Å². The molecule has 2 aromatic rings. The zero-order valence-electron chi connectivity index (χ0n) is 23.2. The van der Waals surface area contributed by atoms with Crippen LogP contribution in [-0.4, -0.2) is 23.3 Å². The quantitative estimate of drug-likeness (QED) is 0.270. The van der Waals surface area contributed by atoms with Crippen LogP contribution in [-0.2, 0) is 24.2 Å². The fraction of sp³-hybridized carbons (Fsp3) is 0.344. The summed E-state index contributed by atoms with van der Waals surface area (Å²) in [5, 5.41) is 6.54. The number of aromatic nitrogens is 1. The molecule has 1 aromatic heterocycles. The van der Waals surface area contributed by atoms with Crippen LogP contribution in [0.15, 0.2) is 78.2 Å². The molecule has 0 bridgehead atoms. The van der Waals surface area contributed by atoms with Crippen LogP contribution in [0.1, 0.15) is 80.1 Å². The number of carbonyl (C=O) groups is 2. The maximum absolute atomic E-state index is 13.0. The van der Waals surface area contributed by atoms with E-state index in [2.05, 4.69) is 53.7 Å². The highest BCUT2D eigenvalue weighted by molar-refractivity contribution is 6.48. The number of pyridine rings is 1. The molecule has 2 rings (SSSR count). The normalized spacial score (nSPS) is 12.6. The highest BCUT2D eigenvalue weighted by atomic mass is 35.5. The Bertz CT molecular complexity index is 1220. The summed E-state index contributed by atoms with van der Waals surface area (Å²) in [5.41, 5.74) is 6.84. The first-order valence-electron chi connectivity index (χ1n) is 13.2. The second kappa shape index (κ2) is 16.4. The molecule has 0 fully saturated rings. The van der Waals surface area contributed by atoms with Crippen LogP contribution >= 0.6 is 11.6 Å². The van der Waals surface area contributed by atoms with E-state index in [0.717, 1.165) is 52.1 Å². The largest absolute Gasteiger partial charge is 0.353 e. The summed E-state index contributed by atoms with van der Waals surface area (Å²) in [5.74, 6) is -0.221. The van der Waals surface area contributed by atoms with Gasteiger partial charge in [-0.1, -0.05) is 80.0 Å². The number of hydrogen-bond donors (Lipinski definition) is 2. The molecule has 1 aromatic carbocycles. The molecular formula is C32H40ClN3O2. The van der Waals surface area contributed by atoms with Gasteiger partial charge in [-0.2, -0.15) is 0 Å². The van der Waals surface area contributed by atoms with Crippen LogP contribution in [0, 0.1) is 0 Å². The van der Waals surface area contributed by atoms with Crippen LogP contribution in [0.2, 0.25) is 0 Å². The predicted octanol–water partition coefficient (Wildman–Crippen LogP) is 7.08. The standard InChI is InChI=1S/C32H40ClN3O2/c1-6-9-11-25(13-12-23(4)19-35-24(5)37)16-27-17-29(22-34-20-27)32(38)36-21-26-14-15-28(10-7-2)30(18-26)31(33)8-3/h8-9,11-15,17-18,20,22H,6-7,10,16,19,21H2,1-5H3,(H,35,37)(H,36,38)/b11-9+,23-12+,25-13+,31-8+. The van der Waals surface area contributed by atoms with Crippen molar-refractivity contribution in [3.63, 3.8) is 0 Å². The number of halogens is 1. The molecule has 2 amide bonds. The van der Waals surface area contributed by atoms with Crippen molar-refractivity contribution in [1.29, 1.82) is 0 Å². The number of allylic oxidation sites excluding steroid dienone is 6. The number of hydrogen-bond acceptors (Lipinski definition) is 3. The number of carbonyl (C=O) groups excluding carboxylic acids is 2. The SMILES string of the molecule is C/C=C(/Cl)c1cc(CNC(=O)c2cncc(CC(=C/C=C(\C)CNC(C)=O)/C=C/CC)c2)ccc1CCC. The molecule has 1 heterocycles. The van der Waals surface area contributed by atoms with E-state index in [-0.39, 0.29) is 11.8 Å². The van der Waals surface area contributed by atoms with E-state index in [9.17, 15) is 9.59 Å². The maximum Gasteiger partial charge on any atom is 0.253 e. The van der Waals surface area contributed by atoms with E-state index in [4.69, 9.17) is 11.6 Å². The first kappa shape index (κ1) is 30.8. The lowest BCUT2D eigenvalue weighted by atomic mass is 9.99. The van der Waals surface area contributed by atoms with Gasteiger partial charge in [0.25, 0.3) is 5.91 Å². The van der Waals surface area contributed by atoms with Gasteiger partial charge in [-0.25, -0.2) is 0 Å². The number of amides is 2. The molecule has 0 saturated carbocycles. The number of aryl methyl sites for hydroxylation is 1. The lowest BCUT2D eigenvalue weighted by Gasteiger charge is -2.12. The minimum Gasteiger partial charge on any atom is -0.353 e. The van der Waals surface area contributed by atoms with Crippen LogP contribution in [0.5, 0.6) is 0 Å². The molecule has 2 N–H and O–H groups in total. The van der Waals surface area contributed by atoms with Gasteiger partial charge in [0, 0.05) is 37.4 Å². The second-order valence-electron chi connectivity index (χ2n) is 9.29. The lowest BCUT2D eigenvalue weighted by Crippen LogP contribution is -2.23. The van der Waals surface area contributed by atoms with E-state index in [1.54, 1.807) is 12.4 Å². The highest BCUT2D eigenvalue weighted by Gasteiger charge is 2.10. The van der Waals surface area contributed by atoms with Crippen LogP contribution in [0.3, 0.4) is 0 Å². The third-order valence-corrected chi connectivity index (χ3v) is 6.31. The maximum atomic E-state index is 13.0. The second-order valence-corrected chi connectivity index (χ2v) is 9.70. The minimum absolute atomic E-state index is 0.0514. The van der Waals surface area contributed by atoms with Crippen LogP contribution in [0.4, 0.5) is 0 Å². The molecular weight excluding hydrogens is 494 g/mol. The molecule has 0 radical (unpaired) electrons. The molecule has 202 valence electrons. The van der Waals surface area contributed by atoms with E-state index in [1.807, 2.05) is 44.2 Å². The van der Waals surface area contributed by atoms with Crippen molar-refractivity contribution in [1.82, 2.24) is 15.6 Å². The van der Waals surface area contributed by atoms with Gasteiger partial charge in [0.05, 0.1) is 5.56 Å². The average Bonchev–Trinajstić information content (AvgIpc) is 2.92. The third-order valence-electron chi connectivity index (χ3n) is 5.89. The van der Waals surface area contributed by atoms with Gasteiger partial charge in [-0.15, -0.1) is 0 Å². The fourth-order valence-corrected chi connectivity index (χ4v) is 4.02.